The van der Waals surface area contributed by atoms with Crippen LogP contribution >= 0.6 is 15.9 Å². The number of hydrogen-bond donors (Lipinski definition) is 2. The third-order valence-corrected chi connectivity index (χ3v) is 4.09. The van der Waals surface area contributed by atoms with Crippen LogP contribution < -0.4 is 10.6 Å². The summed E-state index contributed by atoms with van der Waals surface area (Å²) in [6, 6.07) is 0. The molecule has 2 heterocycles. The van der Waals surface area contributed by atoms with Crippen LogP contribution in [0.25, 0.3) is 0 Å². The van der Waals surface area contributed by atoms with Crippen LogP contribution in [0.15, 0.2) is 10.8 Å². The van der Waals surface area contributed by atoms with Gasteiger partial charge in [0.1, 0.15) is 10.3 Å². The number of anilines is 1. The van der Waals surface area contributed by atoms with Crippen LogP contribution in [-0.4, -0.2) is 33.7 Å². The molecule has 1 aromatic rings. The quantitative estimate of drug-likeness (QED) is 0.883. The van der Waals surface area contributed by atoms with Gasteiger partial charge in [-0.15, -0.1) is 0 Å². The van der Waals surface area contributed by atoms with Crippen molar-refractivity contribution in [2.45, 2.75) is 38.3 Å². The maximum Gasteiger partial charge on any atom is 0.152 e. The highest BCUT2D eigenvalue weighted by molar-refractivity contribution is 9.10. The summed E-state index contributed by atoms with van der Waals surface area (Å²) in [5.41, 5.74) is 6.85. The van der Waals surface area contributed by atoms with Crippen LogP contribution in [0.2, 0.25) is 0 Å². The molecule has 18 heavy (non-hydrogen) atoms. The van der Waals surface area contributed by atoms with Gasteiger partial charge < -0.3 is 15.7 Å². The van der Waals surface area contributed by atoms with Crippen molar-refractivity contribution in [1.82, 2.24) is 9.97 Å². The summed E-state index contributed by atoms with van der Waals surface area (Å²) in [6.07, 6.45) is 4.57. The van der Waals surface area contributed by atoms with Gasteiger partial charge in [-0.05, 0) is 35.2 Å². The SMILES string of the molecule is CCC1(N)CCN(c2ncc(Br)nc2CO)CC1. The Morgan fingerprint density at radius 1 is 1.50 bits per heavy atom. The lowest BCUT2D eigenvalue weighted by atomic mass is 9.86. The number of halogens is 1. The summed E-state index contributed by atoms with van der Waals surface area (Å²) in [6.45, 7) is 3.77. The predicted octanol–water partition coefficient (Wildman–Crippen LogP) is 1.44. The van der Waals surface area contributed by atoms with Crippen LogP contribution in [0.1, 0.15) is 31.9 Å². The molecular formula is C12H19BrN4O. The molecule has 0 aromatic carbocycles. The molecule has 2 rings (SSSR count). The fourth-order valence-corrected chi connectivity index (χ4v) is 2.60. The minimum atomic E-state index is -0.0974. The van der Waals surface area contributed by atoms with Gasteiger partial charge >= 0.3 is 0 Å². The van der Waals surface area contributed by atoms with E-state index in [2.05, 4.69) is 37.7 Å². The van der Waals surface area contributed by atoms with Crippen molar-refractivity contribution in [1.29, 1.82) is 0 Å². The summed E-state index contributed by atoms with van der Waals surface area (Å²) < 4.78 is 0.647. The molecule has 1 aliphatic heterocycles. The molecule has 3 N–H and O–H groups in total. The number of piperidine rings is 1. The fourth-order valence-electron chi connectivity index (χ4n) is 2.28. The largest absolute Gasteiger partial charge is 0.390 e. The van der Waals surface area contributed by atoms with E-state index in [1.54, 1.807) is 6.20 Å². The van der Waals surface area contributed by atoms with E-state index in [1.165, 1.54) is 0 Å². The summed E-state index contributed by atoms with van der Waals surface area (Å²) in [5.74, 6) is 0.777. The minimum Gasteiger partial charge on any atom is -0.390 e. The van der Waals surface area contributed by atoms with Gasteiger partial charge in [-0.2, -0.15) is 0 Å². The van der Waals surface area contributed by atoms with Crippen LogP contribution in [-0.2, 0) is 6.61 Å². The number of aromatic nitrogens is 2. The number of aliphatic hydroxyl groups excluding tert-OH is 1. The first-order valence-corrected chi connectivity index (χ1v) is 7.03. The molecular weight excluding hydrogens is 296 g/mol. The second-order valence-corrected chi connectivity index (χ2v) is 5.64. The van der Waals surface area contributed by atoms with Crippen molar-refractivity contribution in [2.75, 3.05) is 18.0 Å². The zero-order valence-electron chi connectivity index (χ0n) is 10.6. The van der Waals surface area contributed by atoms with Gasteiger partial charge in [-0.1, -0.05) is 6.92 Å². The van der Waals surface area contributed by atoms with Crippen molar-refractivity contribution in [3.63, 3.8) is 0 Å². The van der Waals surface area contributed by atoms with E-state index in [0.717, 1.165) is 38.2 Å². The molecule has 0 spiro atoms. The monoisotopic (exact) mass is 314 g/mol. The second kappa shape index (κ2) is 5.50. The minimum absolute atomic E-state index is 0.0430. The third-order valence-electron chi connectivity index (χ3n) is 3.71. The fraction of sp³-hybridized carbons (Fsp3) is 0.667. The smallest absolute Gasteiger partial charge is 0.152 e. The molecule has 100 valence electrons. The van der Waals surface area contributed by atoms with Gasteiger partial charge in [0.25, 0.3) is 0 Å². The molecule has 0 radical (unpaired) electrons. The summed E-state index contributed by atoms with van der Waals surface area (Å²) in [5, 5.41) is 9.35. The van der Waals surface area contributed by atoms with E-state index in [0.29, 0.717) is 10.3 Å². The first-order valence-electron chi connectivity index (χ1n) is 6.24. The molecule has 1 aromatic heterocycles. The topological polar surface area (TPSA) is 75.3 Å². The van der Waals surface area contributed by atoms with Crippen molar-refractivity contribution in [2.24, 2.45) is 5.73 Å². The number of nitrogens with two attached hydrogens (primary N) is 1. The summed E-state index contributed by atoms with van der Waals surface area (Å²) in [4.78, 5) is 10.8. The molecule has 1 saturated heterocycles. The van der Waals surface area contributed by atoms with Gasteiger partial charge in [-0.25, -0.2) is 9.97 Å². The molecule has 0 amide bonds. The van der Waals surface area contributed by atoms with Gasteiger partial charge in [-0.3, -0.25) is 0 Å². The molecule has 5 nitrogen and oxygen atoms in total. The molecule has 0 atom stereocenters. The Morgan fingerprint density at radius 3 is 2.72 bits per heavy atom. The number of aliphatic hydroxyl groups is 1. The van der Waals surface area contributed by atoms with Gasteiger partial charge in [0, 0.05) is 18.6 Å². The third kappa shape index (κ3) is 2.81. The second-order valence-electron chi connectivity index (χ2n) is 4.82. The summed E-state index contributed by atoms with van der Waals surface area (Å²) >= 11 is 3.27. The highest BCUT2D eigenvalue weighted by Crippen LogP contribution is 2.27. The lowest BCUT2D eigenvalue weighted by molar-refractivity contribution is 0.274. The average Bonchev–Trinajstić information content (AvgIpc) is 2.40. The van der Waals surface area contributed by atoms with Crippen LogP contribution in [0.4, 0.5) is 5.82 Å². The predicted molar refractivity (Wildman–Crippen MR) is 74.3 cm³/mol. The number of rotatable bonds is 3. The normalized spacial score (nSPS) is 19.0. The van der Waals surface area contributed by atoms with E-state index in [4.69, 9.17) is 5.73 Å². The van der Waals surface area contributed by atoms with E-state index in [9.17, 15) is 5.11 Å². The molecule has 1 fully saturated rings. The van der Waals surface area contributed by atoms with Crippen LogP contribution in [0.3, 0.4) is 0 Å². The maximum atomic E-state index is 9.35. The van der Waals surface area contributed by atoms with Crippen molar-refractivity contribution in [3.05, 3.63) is 16.5 Å². The Bertz CT molecular complexity index is 419. The first-order chi connectivity index (χ1) is 8.58. The van der Waals surface area contributed by atoms with Gasteiger partial charge in [0.05, 0.1) is 12.8 Å². The van der Waals surface area contributed by atoms with Crippen molar-refractivity contribution < 1.29 is 5.11 Å². The standard InChI is InChI=1S/C12H19BrN4O/c1-2-12(14)3-5-17(6-4-12)11-9(8-18)16-10(13)7-15-11/h7,18H,2-6,8,14H2,1H3. The Kier molecular flexibility index (Phi) is 4.19. The van der Waals surface area contributed by atoms with Gasteiger partial charge in [0.15, 0.2) is 5.82 Å². The molecule has 6 heteroatoms. The van der Waals surface area contributed by atoms with Crippen molar-refractivity contribution >= 4 is 21.7 Å². The molecule has 0 aliphatic carbocycles. The van der Waals surface area contributed by atoms with Gasteiger partial charge in [0.2, 0.25) is 0 Å². The van der Waals surface area contributed by atoms with Crippen molar-refractivity contribution in [3.8, 4) is 0 Å². The molecule has 1 aliphatic rings. The molecule has 0 unspecified atom stereocenters. The van der Waals surface area contributed by atoms with Crippen LogP contribution in [0, 0.1) is 0 Å². The van der Waals surface area contributed by atoms with Crippen LogP contribution in [0.5, 0.6) is 0 Å². The Labute approximate surface area is 116 Å². The average molecular weight is 315 g/mol. The maximum absolute atomic E-state index is 9.35. The lowest BCUT2D eigenvalue weighted by Crippen LogP contribution is -2.50. The van der Waals surface area contributed by atoms with E-state index >= 15 is 0 Å². The highest BCUT2D eigenvalue weighted by Gasteiger charge is 2.30. The lowest BCUT2D eigenvalue weighted by Gasteiger charge is -2.39. The van der Waals surface area contributed by atoms with E-state index < -0.39 is 0 Å². The molecule has 0 bridgehead atoms. The first kappa shape index (κ1) is 13.7. The zero-order chi connectivity index (χ0) is 13.2. The Balaban J connectivity index is 2.14. The molecule has 0 saturated carbocycles. The summed E-state index contributed by atoms with van der Waals surface area (Å²) in [7, 11) is 0. The highest BCUT2D eigenvalue weighted by atomic mass is 79.9. The number of nitrogens with zero attached hydrogens (tertiary/aromatic N) is 3. The Morgan fingerprint density at radius 2 is 2.17 bits per heavy atom. The van der Waals surface area contributed by atoms with E-state index in [1.807, 2.05) is 0 Å². The number of hydrogen-bond acceptors (Lipinski definition) is 5. The van der Waals surface area contributed by atoms with E-state index in [-0.39, 0.29) is 12.1 Å². The Hall–Kier alpha value is -0.720. The zero-order valence-corrected chi connectivity index (χ0v) is 12.2.